The third-order valence-corrected chi connectivity index (χ3v) is 9.16. The minimum Gasteiger partial charge on any atom is -0.493 e. The number of hydrogen-bond donors (Lipinski definition) is 1. The Labute approximate surface area is 227 Å². The van der Waals surface area contributed by atoms with Gasteiger partial charge in [0.15, 0.2) is 17.7 Å². The summed E-state index contributed by atoms with van der Waals surface area (Å²) in [7, 11) is 5.57. The van der Waals surface area contributed by atoms with Crippen LogP contribution in [0.2, 0.25) is 0 Å². The first kappa shape index (κ1) is 22.8. The number of nitrogens with zero attached hydrogens (tertiary/aromatic N) is 2. The van der Waals surface area contributed by atoms with Crippen molar-refractivity contribution in [3.8, 4) is 22.6 Å². The molecule has 2 fully saturated rings. The molecule has 0 atom stereocenters. The minimum absolute atomic E-state index is 0.648. The van der Waals surface area contributed by atoms with Gasteiger partial charge >= 0.3 is 0 Å². The molecule has 5 nitrogen and oxygen atoms in total. The fourth-order valence-electron chi connectivity index (χ4n) is 6.94. The molecule has 0 unspecified atom stereocenters. The SMILES string of the molecule is COc1ccc2c(c[n+](C)c3c4cc(C5CC5)c(C5CCC5)c(-c5ccc6nc[nH]c6c5)c4ccc23)c1OC. The van der Waals surface area contributed by atoms with E-state index in [0.29, 0.717) is 11.8 Å². The average Bonchev–Trinajstić information content (AvgIpc) is 3.67. The van der Waals surface area contributed by atoms with E-state index in [4.69, 9.17) is 9.47 Å². The highest BCUT2D eigenvalue weighted by Gasteiger charge is 2.35. The zero-order chi connectivity index (χ0) is 26.2. The fourth-order valence-corrected chi connectivity index (χ4v) is 6.94. The number of aromatic amines is 1. The zero-order valence-corrected chi connectivity index (χ0v) is 22.7. The molecule has 1 N–H and O–H groups in total. The van der Waals surface area contributed by atoms with Gasteiger partial charge in [-0.05, 0) is 102 Å². The van der Waals surface area contributed by atoms with Gasteiger partial charge in [-0.1, -0.05) is 18.6 Å². The van der Waals surface area contributed by atoms with Crippen LogP contribution in [0.4, 0.5) is 0 Å². The van der Waals surface area contributed by atoms with Gasteiger partial charge in [0.2, 0.25) is 5.52 Å². The topological polar surface area (TPSA) is 51.0 Å². The van der Waals surface area contributed by atoms with Crippen molar-refractivity contribution >= 4 is 43.5 Å². The smallest absolute Gasteiger partial charge is 0.220 e. The number of methoxy groups -OCH3 is 2. The van der Waals surface area contributed by atoms with Crippen LogP contribution in [0.15, 0.2) is 61.1 Å². The first-order valence-corrected chi connectivity index (χ1v) is 14.1. The van der Waals surface area contributed by atoms with Crippen molar-refractivity contribution in [1.29, 1.82) is 0 Å². The average molecular weight is 515 g/mol. The van der Waals surface area contributed by atoms with Crippen LogP contribution in [0.5, 0.6) is 11.5 Å². The van der Waals surface area contributed by atoms with Crippen molar-refractivity contribution in [3.63, 3.8) is 0 Å². The molecule has 6 aromatic rings. The highest BCUT2D eigenvalue weighted by Crippen LogP contribution is 2.53. The molecule has 0 radical (unpaired) electrons. The standard InChI is InChI=1S/C34H32N3O2/c1-37-17-27-22(12-14-30(38-2)34(27)39-3)24-11-10-23-26(33(24)37)16-25(19-7-8-19)31(20-5-4-6-20)32(23)21-9-13-28-29(15-21)36-18-35-28/h9-20H,4-8H2,1-3H3,(H,35,36)/q+1. The lowest BCUT2D eigenvalue weighted by molar-refractivity contribution is -0.642. The van der Waals surface area contributed by atoms with E-state index in [1.807, 2.05) is 6.07 Å². The highest BCUT2D eigenvalue weighted by atomic mass is 16.5. The summed E-state index contributed by atoms with van der Waals surface area (Å²) in [6, 6.07) is 18.2. The number of aryl methyl sites for hydroxylation is 1. The van der Waals surface area contributed by atoms with Gasteiger partial charge in [-0.15, -0.1) is 0 Å². The van der Waals surface area contributed by atoms with Crippen molar-refractivity contribution in [2.75, 3.05) is 14.2 Å². The van der Waals surface area contributed by atoms with Gasteiger partial charge < -0.3 is 14.5 Å². The van der Waals surface area contributed by atoms with Crippen LogP contribution in [0.1, 0.15) is 55.1 Å². The molecular formula is C34H32N3O2+. The zero-order valence-electron chi connectivity index (χ0n) is 22.7. The molecule has 0 saturated heterocycles. The number of ether oxygens (including phenoxy) is 2. The van der Waals surface area contributed by atoms with E-state index in [2.05, 4.69) is 70.2 Å². The maximum Gasteiger partial charge on any atom is 0.220 e. The van der Waals surface area contributed by atoms with E-state index in [0.717, 1.165) is 27.9 Å². The lowest BCUT2D eigenvalue weighted by atomic mass is 9.73. The summed E-state index contributed by atoms with van der Waals surface area (Å²) in [6.07, 6.45) is 10.5. The number of hydrogen-bond acceptors (Lipinski definition) is 3. The summed E-state index contributed by atoms with van der Waals surface area (Å²) < 4.78 is 13.7. The maximum atomic E-state index is 5.82. The Hall–Kier alpha value is -4.12. The molecule has 5 heteroatoms. The molecule has 2 aromatic heterocycles. The van der Waals surface area contributed by atoms with Gasteiger partial charge in [0.25, 0.3) is 0 Å². The summed E-state index contributed by atoms with van der Waals surface area (Å²) in [5.41, 5.74) is 9.25. The molecule has 2 aliphatic carbocycles. The molecule has 194 valence electrons. The predicted molar refractivity (Wildman–Crippen MR) is 157 cm³/mol. The van der Waals surface area contributed by atoms with Crippen molar-refractivity contribution in [2.24, 2.45) is 7.05 Å². The van der Waals surface area contributed by atoms with Crippen LogP contribution in [-0.2, 0) is 7.05 Å². The van der Waals surface area contributed by atoms with Crippen LogP contribution < -0.4 is 14.0 Å². The summed E-state index contributed by atoms with van der Waals surface area (Å²) in [6.45, 7) is 0. The van der Waals surface area contributed by atoms with Crippen molar-refractivity contribution in [1.82, 2.24) is 9.97 Å². The van der Waals surface area contributed by atoms with Gasteiger partial charge in [0.05, 0.1) is 47.7 Å². The molecule has 2 aliphatic rings. The van der Waals surface area contributed by atoms with Gasteiger partial charge in [-0.3, -0.25) is 0 Å². The molecule has 0 bridgehead atoms. The molecule has 0 spiro atoms. The quantitative estimate of drug-likeness (QED) is 0.190. The molecule has 2 heterocycles. The molecular weight excluding hydrogens is 482 g/mol. The number of fused-ring (bicyclic) bond motifs is 6. The van der Waals surface area contributed by atoms with Crippen molar-refractivity contribution in [2.45, 2.75) is 43.9 Å². The highest BCUT2D eigenvalue weighted by molar-refractivity contribution is 6.17. The van der Waals surface area contributed by atoms with Gasteiger partial charge in [-0.25, -0.2) is 4.98 Å². The number of nitrogens with one attached hydrogen (secondary N) is 1. The maximum absolute atomic E-state index is 5.82. The fraction of sp³-hybridized carbons (Fsp3) is 0.294. The number of pyridine rings is 1. The molecule has 2 saturated carbocycles. The molecule has 4 aromatic carbocycles. The summed E-state index contributed by atoms with van der Waals surface area (Å²) >= 11 is 0. The van der Waals surface area contributed by atoms with E-state index in [-0.39, 0.29) is 0 Å². The Kier molecular flexibility index (Phi) is 4.94. The third kappa shape index (κ3) is 3.32. The number of imidazole rings is 1. The minimum atomic E-state index is 0.648. The summed E-state index contributed by atoms with van der Waals surface area (Å²) in [5.74, 6) is 2.85. The lowest BCUT2D eigenvalue weighted by Gasteiger charge is -2.31. The van der Waals surface area contributed by atoms with Crippen LogP contribution >= 0.6 is 0 Å². The monoisotopic (exact) mass is 514 g/mol. The number of benzene rings is 4. The Balaban J connectivity index is 1.51. The van der Waals surface area contributed by atoms with Gasteiger partial charge in [0.1, 0.15) is 7.05 Å². The van der Waals surface area contributed by atoms with E-state index in [1.165, 1.54) is 70.3 Å². The van der Waals surface area contributed by atoms with E-state index in [9.17, 15) is 0 Å². The van der Waals surface area contributed by atoms with Crippen LogP contribution in [0.25, 0.3) is 54.6 Å². The van der Waals surface area contributed by atoms with Crippen molar-refractivity contribution < 1.29 is 14.0 Å². The third-order valence-electron chi connectivity index (χ3n) is 9.16. The second kappa shape index (κ2) is 8.44. The number of aromatic nitrogens is 3. The van der Waals surface area contributed by atoms with Gasteiger partial charge in [-0.2, -0.15) is 4.57 Å². The van der Waals surface area contributed by atoms with E-state index < -0.39 is 0 Å². The molecule has 0 aliphatic heterocycles. The Morgan fingerprint density at radius 2 is 1.64 bits per heavy atom. The lowest BCUT2D eigenvalue weighted by Crippen LogP contribution is -2.29. The second-order valence-corrected chi connectivity index (χ2v) is 11.4. The molecule has 0 amide bonds. The summed E-state index contributed by atoms with van der Waals surface area (Å²) in [4.78, 5) is 7.83. The number of rotatable bonds is 5. The van der Waals surface area contributed by atoms with Crippen LogP contribution in [0, 0.1) is 0 Å². The first-order valence-electron chi connectivity index (χ1n) is 14.1. The van der Waals surface area contributed by atoms with Crippen LogP contribution in [-0.4, -0.2) is 24.2 Å². The second-order valence-electron chi connectivity index (χ2n) is 11.4. The predicted octanol–water partition coefficient (Wildman–Crippen LogP) is 7.68. The first-order chi connectivity index (χ1) is 19.2. The van der Waals surface area contributed by atoms with Crippen LogP contribution in [0.3, 0.4) is 0 Å². The normalized spacial score (nSPS) is 15.9. The largest absolute Gasteiger partial charge is 0.493 e. The van der Waals surface area contributed by atoms with Gasteiger partial charge in [0, 0.05) is 5.39 Å². The van der Waals surface area contributed by atoms with E-state index >= 15 is 0 Å². The molecule has 39 heavy (non-hydrogen) atoms. The van der Waals surface area contributed by atoms with Crippen molar-refractivity contribution in [3.05, 3.63) is 72.2 Å². The van der Waals surface area contributed by atoms with E-state index in [1.54, 1.807) is 31.7 Å². The Morgan fingerprint density at radius 3 is 2.38 bits per heavy atom. The Morgan fingerprint density at radius 1 is 0.821 bits per heavy atom. The molecule has 8 rings (SSSR count). The summed E-state index contributed by atoms with van der Waals surface area (Å²) in [5, 5.41) is 6.14. The Bertz CT molecular complexity index is 1950. The number of H-pyrrole nitrogens is 1.